The van der Waals surface area contributed by atoms with E-state index in [9.17, 15) is 9.59 Å². The van der Waals surface area contributed by atoms with E-state index >= 15 is 0 Å². The molecule has 4 atom stereocenters. The van der Waals surface area contributed by atoms with Gasteiger partial charge in [-0.1, -0.05) is 24.3 Å². The van der Waals surface area contributed by atoms with Crippen LogP contribution in [0.2, 0.25) is 0 Å². The number of carbonyl (C=O) groups excluding carboxylic acids is 2. The summed E-state index contributed by atoms with van der Waals surface area (Å²) in [5, 5.41) is 6.59. The number of aryl methyl sites for hydroxylation is 4. The molecule has 2 aromatic carbocycles. The summed E-state index contributed by atoms with van der Waals surface area (Å²) >= 11 is 0. The molecule has 0 saturated carbocycles. The molecule has 2 amide bonds. The van der Waals surface area contributed by atoms with E-state index in [4.69, 9.17) is 9.47 Å². The van der Waals surface area contributed by atoms with E-state index in [1.54, 1.807) is 38.0 Å². The van der Waals surface area contributed by atoms with Crippen molar-refractivity contribution >= 4 is 11.8 Å². The summed E-state index contributed by atoms with van der Waals surface area (Å²) in [6.07, 6.45) is 2.12. The molecule has 2 saturated heterocycles. The molecule has 8 nitrogen and oxygen atoms in total. The minimum absolute atomic E-state index is 0.0219. The summed E-state index contributed by atoms with van der Waals surface area (Å²) in [6, 6.07) is 8.44. The Morgan fingerprint density at radius 2 is 1.03 bits per heavy atom. The van der Waals surface area contributed by atoms with Crippen molar-refractivity contribution < 1.29 is 19.1 Å². The summed E-state index contributed by atoms with van der Waals surface area (Å²) in [4.78, 5) is 27.8. The van der Waals surface area contributed by atoms with Crippen LogP contribution in [0.15, 0.2) is 24.3 Å². The molecule has 2 aliphatic rings. The van der Waals surface area contributed by atoms with Gasteiger partial charge in [0.25, 0.3) is 0 Å². The minimum atomic E-state index is -0.185. The lowest BCUT2D eigenvalue weighted by atomic mass is 9.97. The molecule has 39 heavy (non-hydrogen) atoms. The molecule has 2 fully saturated rings. The molecule has 2 heterocycles. The van der Waals surface area contributed by atoms with Crippen molar-refractivity contribution in [1.82, 2.24) is 20.4 Å². The van der Waals surface area contributed by atoms with Gasteiger partial charge in [-0.05, 0) is 67.5 Å². The van der Waals surface area contributed by atoms with Crippen LogP contribution in [-0.4, -0.2) is 87.2 Å². The maximum atomic E-state index is 12.3. The summed E-state index contributed by atoms with van der Waals surface area (Å²) in [7, 11) is 7.14. The Hall–Kier alpha value is -3.10. The first-order valence-electron chi connectivity index (χ1n) is 13.9. The Balaban J connectivity index is 1.40. The average molecular weight is 537 g/mol. The van der Waals surface area contributed by atoms with Crippen LogP contribution < -0.4 is 20.1 Å². The van der Waals surface area contributed by atoms with Crippen molar-refractivity contribution in [1.29, 1.82) is 0 Å². The fourth-order valence-corrected chi connectivity index (χ4v) is 5.81. The zero-order chi connectivity index (χ0) is 28.4. The normalized spacial score (nSPS) is 22.6. The highest BCUT2D eigenvalue weighted by atomic mass is 16.5. The molecule has 2 aliphatic heterocycles. The fraction of sp³-hybridized carbons (Fsp3) is 0.548. The first-order valence-corrected chi connectivity index (χ1v) is 13.9. The molecule has 4 rings (SSSR count). The highest BCUT2D eigenvalue weighted by Crippen LogP contribution is 2.31. The number of benzene rings is 2. The number of hydrogen-bond donors (Lipinski definition) is 2. The van der Waals surface area contributed by atoms with Gasteiger partial charge in [-0.15, -0.1) is 0 Å². The molecule has 0 aliphatic carbocycles. The van der Waals surface area contributed by atoms with E-state index in [0.29, 0.717) is 25.9 Å². The molecular formula is C31H44N4O4. The predicted molar refractivity (Wildman–Crippen MR) is 154 cm³/mol. The van der Waals surface area contributed by atoms with Gasteiger partial charge in [-0.2, -0.15) is 0 Å². The molecule has 0 spiro atoms. The Kier molecular flexibility index (Phi) is 8.86. The number of hydrogen-bond acceptors (Lipinski definition) is 6. The van der Waals surface area contributed by atoms with Crippen LogP contribution in [0.5, 0.6) is 11.5 Å². The lowest BCUT2D eigenvalue weighted by Crippen LogP contribution is -2.39. The third kappa shape index (κ3) is 6.73. The third-order valence-corrected chi connectivity index (χ3v) is 7.68. The van der Waals surface area contributed by atoms with Gasteiger partial charge in [0.1, 0.15) is 23.7 Å². The Morgan fingerprint density at radius 1 is 0.692 bits per heavy atom. The number of likely N-dealkylation sites (N-methyl/N-ethyl adjacent to an activating group) is 2. The van der Waals surface area contributed by atoms with E-state index in [0.717, 1.165) is 40.2 Å². The lowest BCUT2D eigenvalue weighted by molar-refractivity contribution is -0.131. The van der Waals surface area contributed by atoms with Crippen molar-refractivity contribution in [2.75, 3.05) is 41.3 Å². The minimum Gasteiger partial charge on any atom is -0.488 e. The van der Waals surface area contributed by atoms with Gasteiger partial charge in [0, 0.05) is 54.1 Å². The zero-order valence-electron chi connectivity index (χ0n) is 24.7. The molecule has 0 radical (unpaired) electrons. The van der Waals surface area contributed by atoms with E-state index in [1.807, 2.05) is 0 Å². The van der Waals surface area contributed by atoms with Gasteiger partial charge < -0.3 is 29.9 Å². The SMILES string of the molecule is Cc1cc(Cc2cc(C)c(O[C@H]3CN[C@@H](C(=O)N(C)C)C3)c(C)c2)cc(C)c1O[C@H]1CN[C@@H](C(=O)N(C)C)C1. The van der Waals surface area contributed by atoms with E-state index in [2.05, 4.69) is 62.6 Å². The number of carbonyl (C=O) groups is 2. The first-order chi connectivity index (χ1) is 18.4. The monoisotopic (exact) mass is 536 g/mol. The van der Waals surface area contributed by atoms with Crippen LogP contribution in [0.1, 0.15) is 46.2 Å². The maximum Gasteiger partial charge on any atom is 0.239 e. The fourth-order valence-electron chi connectivity index (χ4n) is 5.81. The lowest BCUT2D eigenvalue weighted by Gasteiger charge is -2.20. The standard InChI is InChI=1S/C31H44N4O4/c1-18-9-22(10-19(2)28(18)38-24-14-26(32-16-24)30(36)34(5)6)13-23-11-20(3)29(21(4)12-23)39-25-15-27(33-17-25)31(37)35(7)8/h9-12,24-27,32-33H,13-17H2,1-8H3/t24-,25-,26-,27-/m1/s1. The molecule has 8 heteroatoms. The Morgan fingerprint density at radius 3 is 1.33 bits per heavy atom. The topological polar surface area (TPSA) is 83.1 Å². The third-order valence-electron chi connectivity index (χ3n) is 7.68. The van der Waals surface area contributed by atoms with Crippen molar-refractivity contribution in [3.05, 3.63) is 57.6 Å². The molecule has 0 unspecified atom stereocenters. The van der Waals surface area contributed by atoms with E-state index < -0.39 is 0 Å². The number of nitrogens with zero attached hydrogens (tertiary/aromatic N) is 2. The smallest absolute Gasteiger partial charge is 0.239 e. The molecule has 2 aromatic rings. The van der Waals surface area contributed by atoms with Gasteiger partial charge in [-0.3, -0.25) is 9.59 Å². The second-order valence-electron chi connectivity index (χ2n) is 11.6. The van der Waals surface area contributed by atoms with Gasteiger partial charge in [-0.25, -0.2) is 0 Å². The number of rotatable bonds is 8. The molecule has 0 aromatic heterocycles. The van der Waals surface area contributed by atoms with Gasteiger partial charge >= 0.3 is 0 Å². The predicted octanol–water partition coefficient (Wildman–Crippen LogP) is 2.91. The second-order valence-corrected chi connectivity index (χ2v) is 11.6. The van der Waals surface area contributed by atoms with Crippen LogP contribution in [0.3, 0.4) is 0 Å². The summed E-state index contributed by atoms with van der Waals surface area (Å²) in [5.74, 6) is 2.01. The van der Waals surface area contributed by atoms with Crippen LogP contribution in [0.4, 0.5) is 0 Å². The van der Waals surface area contributed by atoms with Crippen molar-refractivity contribution in [3.63, 3.8) is 0 Å². The summed E-state index contributed by atoms with van der Waals surface area (Å²) < 4.78 is 12.8. The highest BCUT2D eigenvalue weighted by Gasteiger charge is 2.33. The zero-order valence-corrected chi connectivity index (χ0v) is 24.7. The van der Waals surface area contributed by atoms with Crippen molar-refractivity contribution in [3.8, 4) is 11.5 Å². The van der Waals surface area contributed by atoms with Gasteiger partial charge in [0.2, 0.25) is 11.8 Å². The molecule has 0 bridgehead atoms. The number of nitrogens with one attached hydrogen (secondary N) is 2. The van der Waals surface area contributed by atoms with Crippen molar-refractivity contribution in [2.24, 2.45) is 0 Å². The maximum absolute atomic E-state index is 12.3. The number of amides is 2. The van der Waals surface area contributed by atoms with Gasteiger partial charge in [0.15, 0.2) is 0 Å². The van der Waals surface area contributed by atoms with Crippen LogP contribution in [0, 0.1) is 27.7 Å². The highest BCUT2D eigenvalue weighted by molar-refractivity contribution is 5.82. The van der Waals surface area contributed by atoms with Crippen LogP contribution >= 0.6 is 0 Å². The summed E-state index contributed by atoms with van der Waals surface area (Å²) in [5.41, 5.74) is 6.90. The summed E-state index contributed by atoms with van der Waals surface area (Å²) in [6.45, 7) is 9.70. The average Bonchev–Trinajstić information content (AvgIpc) is 3.52. The second kappa shape index (κ2) is 12.0. The molecular weight excluding hydrogens is 492 g/mol. The number of ether oxygens (including phenoxy) is 2. The van der Waals surface area contributed by atoms with E-state index in [-0.39, 0.29) is 36.1 Å². The molecule has 212 valence electrons. The van der Waals surface area contributed by atoms with Crippen LogP contribution in [-0.2, 0) is 16.0 Å². The Bertz CT molecular complexity index is 1090. The quantitative estimate of drug-likeness (QED) is 0.540. The van der Waals surface area contributed by atoms with Crippen LogP contribution in [0.25, 0.3) is 0 Å². The van der Waals surface area contributed by atoms with E-state index in [1.165, 1.54) is 11.1 Å². The van der Waals surface area contributed by atoms with Crippen molar-refractivity contribution in [2.45, 2.75) is 71.2 Å². The molecule has 2 N–H and O–H groups in total. The largest absolute Gasteiger partial charge is 0.488 e. The Labute approximate surface area is 233 Å². The first kappa shape index (κ1) is 28.9. The van der Waals surface area contributed by atoms with Gasteiger partial charge in [0.05, 0.1) is 12.1 Å².